The van der Waals surface area contributed by atoms with Crippen molar-refractivity contribution in [1.82, 2.24) is 24.8 Å². The quantitative estimate of drug-likeness (QED) is 0.497. The number of hydrogen-bond donors (Lipinski definition) is 3. The Bertz CT molecular complexity index is 1170. The molecule has 6 rings (SSSR count). The molecule has 4 unspecified atom stereocenters. The van der Waals surface area contributed by atoms with Gasteiger partial charge >= 0.3 is 0 Å². The molecule has 3 aliphatic heterocycles. The molecule has 188 valence electrons. The van der Waals surface area contributed by atoms with Gasteiger partial charge in [0.2, 0.25) is 5.95 Å². The van der Waals surface area contributed by atoms with Crippen LogP contribution < -0.4 is 10.6 Å². The van der Waals surface area contributed by atoms with E-state index in [0.29, 0.717) is 58.4 Å². The summed E-state index contributed by atoms with van der Waals surface area (Å²) in [6.07, 6.45) is 4.90. The van der Waals surface area contributed by atoms with Crippen LogP contribution in [-0.2, 0) is 9.47 Å². The summed E-state index contributed by atoms with van der Waals surface area (Å²) < 4.78 is 27.1. The molecule has 3 N–H and O–H groups in total. The van der Waals surface area contributed by atoms with E-state index in [2.05, 4.69) is 25.6 Å². The third-order valence-electron chi connectivity index (χ3n) is 6.56. The van der Waals surface area contributed by atoms with Gasteiger partial charge in [-0.2, -0.15) is 0 Å². The van der Waals surface area contributed by atoms with E-state index in [1.54, 1.807) is 6.33 Å². The van der Waals surface area contributed by atoms with Crippen molar-refractivity contribution < 1.29 is 19.0 Å². The second-order valence-corrected chi connectivity index (χ2v) is 9.85. The molecule has 3 aliphatic rings. The van der Waals surface area contributed by atoms with Crippen LogP contribution in [0.1, 0.15) is 32.7 Å². The Kier molecular flexibility index (Phi) is 7.17. The van der Waals surface area contributed by atoms with E-state index in [1.165, 1.54) is 18.7 Å². The van der Waals surface area contributed by atoms with Gasteiger partial charge in [-0.3, -0.25) is 0 Å². The molecule has 5 heterocycles. The molecule has 0 aliphatic carbocycles. The highest BCUT2D eigenvalue weighted by atomic mass is 35.5. The number of rotatable bonds is 4. The zero-order valence-electron chi connectivity index (χ0n) is 19.7. The van der Waals surface area contributed by atoms with Crippen molar-refractivity contribution in [2.75, 3.05) is 31.7 Å². The third kappa shape index (κ3) is 5.26. The Morgan fingerprint density at radius 1 is 1.29 bits per heavy atom. The van der Waals surface area contributed by atoms with Crippen molar-refractivity contribution in [2.24, 2.45) is 0 Å². The number of aliphatic hydroxyl groups excluding tert-OH is 1. The van der Waals surface area contributed by atoms with Gasteiger partial charge in [0.05, 0.1) is 60.2 Å². The van der Waals surface area contributed by atoms with Gasteiger partial charge in [-0.15, -0.1) is 0 Å². The molecule has 11 heteroatoms. The molecule has 0 radical (unpaired) electrons. The lowest BCUT2D eigenvalue weighted by Gasteiger charge is -2.28. The van der Waals surface area contributed by atoms with E-state index in [-0.39, 0.29) is 18.7 Å². The van der Waals surface area contributed by atoms with Crippen molar-refractivity contribution in [2.45, 2.75) is 57.0 Å². The van der Waals surface area contributed by atoms with Gasteiger partial charge in [0.1, 0.15) is 5.52 Å². The van der Waals surface area contributed by atoms with Crippen LogP contribution in [0.15, 0.2) is 24.7 Å². The molecule has 0 amide bonds. The normalized spacial score (nSPS) is 25.7. The van der Waals surface area contributed by atoms with Crippen LogP contribution in [0.5, 0.6) is 0 Å². The van der Waals surface area contributed by atoms with Crippen LogP contribution in [0.2, 0.25) is 5.02 Å². The van der Waals surface area contributed by atoms with E-state index in [9.17, 15) is 9.50 Å². The molecule has 0 spiro atoms. The molecule has 2 bridgehead atoms. The maximum absolute atomic E-state index is 14.6. The first-order valence-electron chi connectivity index (χ1n) is 12.0. The van der Waals surface area contributed by atoms with Gasteiger partial charge in [-0.25, -0.2) is 19.3 Å². The Hall–Kier alpha value is -2.37. The molecular weight excluding hydrogens is 475 g/mol. The summed E-state index contributed by atoms with van der Waals surface area (Å²) in [5, 5.41) is 16.8. The average Bonchev–Trinajstić information content (AvgIpc) is 3.59. The number of hydrogen-bond acceptors (Lipinski definition) is 8. The molecule has 3 aromatic rings. The van der Waals surface area contributed by atoms with Crippen molar-refractivity contribution >= 4 is 28.6 Å². The minimum absolute atomic E-state index is 0.132. The zero-order valence-corrected chi connectivity index (χ0v) is 20.5. The standard InChI is InChI=1S/C19H21ClFN5O2.C5H9NO/c1-10(2)26-9-23-18-13(21)5-11(6-15(18)26)17-12(20)7-22-19(25-17)24-14-3-4-28-8-16(14)27;1-4-3-7-5(1)2-6-4/h5-7,9-10,14,16,27H,3-4,8H2,1-2H3,(H,22,24,25);4-6H,1-3H2. The predicted octanol–water partition coefficient (Wildman–Crippen LogP) is 3.18. The summed E-state index contributed by atoms with van der Waals surface area (Å²) in [6, 6.07) is 3.82. The SMILES string of the molecule is C1OC2CNC1C2.CC(C)n1cnc2c(F)cc(-c3nc(NC4CCOCC4O)ncc3Cl)cc21. The molecule has 3 fully saturated rings. The van der Waals surface area contributed by atoms with Gasteiger partial charge in [0.25, 0.3) is 0 Å². The van der Waals surface area contributed by atoms with Crippen LogP contribution >= 0.6 is 11.6 Å². The van der Waals surface area contributed by atoms with E-state index < -0.39 is 11.9 Å². The highest BCUT2D eigenvalue weighted by Crippen LogP contribution is 2.31. The first-order chi connectivity index (χ1) is 16.9. The number of aromatic nitrogens is 4. The van der Waals surface area contributed by atoms with E-state index in [1.807, 2.05) is 24.5 Å². The summed E-state index contributed by atoms with van der Waals surface area (Å²) in [5.41, 5.74) is 1.94. The average molecular weight is 505 g/mol. The van der Waals surface area contributed by atoms with Crippen molar-refractivity contribution in [3.63, 3.8) is 0 Å². The van der Waals surface area contributed by atoms with E-state index in [0.717, 1.165) is 13.2 Å². The molecule has 3 saturated heterocycles. The molecule has 9 nitrogen and oxygen atoms in total. The van der Waals surface area contributed by atoms with Crippen molar-refractivity contribution in [3.8, 4) is 11.3 Å². The number of halogens is 2. The maximum Gasteiger partial charge on any atom is 0.223 e. The molecule has 4 atom stereocenters. The van der Waals surface area contributed by atoms with Gasteiger partial charge < -0.3 is 29.8 Å². The van der Waals surface area contributed by atoms with Gasteiger partial charge in [0, 0.05) is 30.8 Å². The van der Waals surface area contributed by atoms with Crippen LogP contribution in [0.4, 0.5) is 10.3 Å². The number of benzene rings is 1. The first kappa shape index (κ1) is 24.3. The van der Waals surface area contributed by atoms with Crippen LogP contribution in [-0.4, -0.2) is 75.3 Å². The fourth-order valence-electron chi connectivity index (χ4n) is 4.62. The van der Waals surface area contributed by atoms with Crippen molar-refractivity contribution in [1.29, 1.82) is 0 Å². The summed E-state index contributed by atoms with van der Waals surface area (Å²) in [6.45, 7) is 6.86. The molecule has 1 aromatic carbocycles. The second kappa shape index (κ2) is 10.3. The maximum atomic E-state index is 14.6. The Morgan fingerprint density at radius 2 is 2.14 bits per heavy atom. The second-order valence-electron chi connectivity index (χ2n) is 9.44. The Morgan fingerprint density at radius 3 is 2.77 bits per heavy atom. The molecular formula is C24H30ClFN6O3. The minimum Gasteiger partial charge on any atom is -0.389 e. The van der Waals surface area contributed by atoms with Crippen molar-refractivity contribution in [3.05, 3.63) is 35.5 Å². The third-order valence-corrected chi connectivity index (χ3v) is 6.84. The zero-order chi connectivity index (χ0) is 24.5. The summed E-state index contributed by atoms with van der Waals surface area (Å²) in [5.74, 6) is -0.112. The number of fused-ring (bicyclic) bond motifs is 3. The Balaban J connectivity index is 0.000000306. The van der Waals surface area contributed by atoms with Crippen LogP contribution in [0, 0.1) is 5.82 Å². The lowest BCUT2D eigenvalue weighted by Crippen LogP contribution is -2.42. The summed E-state index contributed by atoms with van der Waals surface area (Å²) >= 11 is 6.31. The molecule has 35 heavy (non-hydrogen) atoms. The first-order valence-corrected chi connectivity index (χ1v) is 12.3. The predicted molar refractivity (Wildman–Crippen MR) is 131 cm³/mol. The topological polar surface area (TPSA) is 106 Å². The monoisotopic (exact) mass is 504 g/mol. The number of anilines is 1. The van der Waals surface area contributed by atoms with Gasteiger partial charge in [-0.1, -0.05) is 11.6 Å². The fraction of sp³-hybridized carbons (Fsp3) is 0.542. The minimum atomic E-state index is -0.648. The highest BCUT2D eigenvalue weighted by molar-refractivity contribution is 6.33. The molecule has 2 aromatic heterocycles. The summed E-state index contributed by atoms with van der Waals surface area (Å²) in [4.78, 5) is 12.8. The lowest BCUT2D eigenvalue weighted by atomic mass is 10.1. The number of nitrogens with zero attached hydrogens (tertiary/aromatic N) is 4. The highest BCUT2D eigenvalue weighted by Gasteiger charge is 2.31. The number of imidazole rings is 1. The molecule has 0 saturated carbocycles. The summed E-state index contributed by atoms with van der Waals surface area (Å²) in [7, 11) is 0. The van der Waals surface area contributed by atoms with E-state index >= 15 is 0 Å². The number of morpholine rings is 1. The van der Waals surface area contributed by atoms with Gasteiger partial charge in [-0.05, 0) is 38.8 Å². The lowest BCUT2D eigenvalue weighted by molar-refractivity contribution is -0.0136. The van der Waals surface area contributed by atoms with Gasteiger partial charge in [0.15, 0.2) is 5.82 Å². The largest absolute Gasteiger partial charge is 0.389 e. The van der Waals surface area contributed by atoms with E-state index in [4.69, 9.17) is 21.1 Å². The van der Waals surface area contributed by atoms with Crippen LogP contribution in [0.3, 0.4) is 0 Å². The Labute approximate surface area is 208 Å². The van der Waals surface area contributed by atoms with Crippen LogP contribution in [0.25, 0.3) is 22.3 Å². The smallest absolute Gasteiger partial charge is 0.223 e. The number of nitrogens with one attached hydrogen (secondary N) is 2. The number of ether oxygens (including phenoxy) is 2. The fourth-order valence-corrected chi connectivity index (χ4v) is 4.82. The number of aliphatic hydroxyl groups is 1.